The minimum absolute atomic E-state index is 0. The lowest BCUT2D eigenvalue weighted by Crippen LogP contribution is -2.33. The lowest BCUT2D eigenvalue weighted by molar-refractivity contribution is 0.0277. The van der Waals surface area contributed by atoms with E-state index in [-0.39, 0.29) is 24.1 Å². The maximum absolute atomic E-state index is 13.7. The first-order valence-electron chi connectivity index (χ1n) is 8.74. The van der Waals surface area contributed by atoms with E-state index in [4.69, 9.17) is 4.74 Å². The molecular formula is C20H20ClFN4O2. The number of carbonyl (C=O) groups is 1. The summed E-state index contributed by atoms with van der Waals surface area (Å²) in [5, 5.41) is 12.9. The zero-order valence-corrected chi connectivity index (χ0v) is 15.8. The number of hydrogen-bond acceptors (Lipinski definition) is 4. The van der Waals surface area contributed by atoms with Crippen LogP contribution in [0.25, 0.3) is 11.3 Å². The molecule has 4 rings (SSSR count). The molecule has 1 unspecified atom stereocenters. The van der Waals surface area contributed by atoms with Gasteiger partial charge in [-0.25, -0.2) is 4.39 Å². The normalized spacial score (nSPS) is 16.2. The van der Waals surface area contributed by atoms with Gasteiger partial charge in [-0.05, 0) is 23.3 Å². The van der Waals surface area contributed by atoms with E-state index in [2.05, 4.69) is 20.8 Å². The van der Waals surface area contributed by atoms with Crippen molar-refractivity contribution in [2.45, 2.75) is 6.10 Å². The quantitative estimate of drug-likeness (QED) is 0.623. The Morgan fingerprint density at radius 3 is 2.68 bits per heavy atom. The Labute approximate surface area is 167 Å². The molecule has 0 bridgehead atoms. The third-order valence-electron chi connectivity index (χ3n) is 4.46. The highest BCUT2D eigenvalue weighted by Gasteiger charge is 2.16. The van der Waals surface area contributed by atoms with Gasteiger partial charge in [0.05, 0.1) is 24.0 Å². The number of halogens is 2. The molecule has 1 aromatic heterocycles. The summed E-state index contributed by atoms with van der Waals surface area (Å²) >= 11 is 0. The van der Waals surface area contributed by atoms with E-state index in [1.54, 1.807) is 12.1 Å². The van der Waals surface area contributed by atoms with Crippen LogP contribution in [0.3, 0.4) is 0 Å². The molecular weight excluding hydrogens is 383 g/mol. The van der Waals surface area contributed by atoms with Crippen LogP contribution in [0.4, 0.5) is 10.2 Å². The van der Waals surface area contributed by atoms with Crippen molar-refractivity contribution < 1.29 is 13.9 Å². The summed E-state index contributed by atoms with van der Waals surface area (Å²) < 4.78 is 19.4. The third kappa shape index (κ3) is 4.39. The summed E-state index contributed by atoms with van der Waals surface area (Å²) in [4.78, 5) is 12.2. The number of ether oxygens (including phenoxy) is 1. The number of aromatic amines is 1. The highest BCUT2D eigenvalue weighted by atomic mass is 35.5. The van der Waals surface area contributed by atoms with Crippen LogP contribution in [0.5, 0.6) is 0 Å². The van der Waals surface area contributed by atoms with Crippen molar-refractivity contribution in [2.75, 3.05) is 25.0 Å². The first-order valence-corrected chi connectivity index (χ1v) is 8.74. The van der Waals surface area contributed by atoms with Crippen LogP contribution in [0, 0.1) is 5.82 Å². The number of amides is 1. The third-order valence-corrected chi connectivity index (χ3v) is 4.46. The second-order valence-electron chi connectivity index (χ2n) is 6.29. The number of H-pyrrole nitrogens is 1. The average Bonchev–Trinajstić information content (AvgIpc) is 3.17. The van der Waals surface area contributed by atoms with E-state index >= 15 is 0 Å². The Morgan fingerprint density at radius 2 is 1.96 bits per heavy atom. The van der Waals surface area contributed by atoms with Gasteiger partial charge in [-0.2, -0.15) is 5.10 Å². The number of benzene rings is 2. The lowest BCUT2D eigenvalue weighted by atomic mass is 10.0. The van der Waals surface area contributed by atoms with E-state index < -0.39 is 11.7 Å². The lowest BCUT2D eigenvalue weighted by Gasteiger charge is -2.24. The summed E-state index contributed by atoms with van der Waals surface area (Å²) in [7, 11) is 0. The standard InChI is InChI=1S/C20H19FN4O2.ClH/c21-16-4-2-1-3-15(16)20(26)23-19-11-17(24-25-19)13-5-7-14(8-6-13)18-12-22-9-10-27-18;/h1-8,11,18,22H,9-10,12H2,(H2,23,24,25,26);1H. The molecule has 1 fully saturated rings. The molecule has 2 heterocycles. The van der Waals surface area contributed by atoms with Crippen LogP contribution in [-0.2, 0) is 4.74 Å². The van der Waals surface area contributed by atoms with Gasteiger partial charge in [-0.3, -0.25) is 9.89 Å². The Balaban J connectivity index is 0.00000225. The van der Waals surface area contributed by atoms with Crippen molar-refractivity contribution in [3.8, 4) is 11.3 Å². The first kappa shape index (κ1) is 20.0. The average molecular weight is 403 g/mol. The van der Waals surface area contributed by atoms with Gasteiger partial charge in [0.25, 0.3) is 5.91 Å². The molecule has 0 aliphatic carbocycles. The molecule has 28 heavy (non-hydrogen) atoms. The molecule has 8 heteroatoms. The van der Waals surface area contributed by atoms with Crippen LogP contribution in [0.15, 0.2) is 54.6 Å². The molecule has 146 valence electrons. The molecule has 3 aromatic rings. The van der Waals surface area contributed by atoms with E-state index in [1.165, 1.54) is 18.2 Å². The SMILES string of the molecule is Cl.O=C(Nc1cc(-c2ccc(C3CNCCO3)cc2)[nH]n1)c1ccccc1F. The minimum Gasteiger partial charge on any atom is -0.371 e. The number of nitrogens with zero attached hydrogens (tertiary/aromatic N) is 1. The van der Waals surface area contributed by atoms with Crippen LogP contribution >= 0.6 is 12.4 Å². The van der Waals surface area contributed by atoms with Gasteiger partial charge >= 0.3 is 0 Å². The highest BCUT2D eigenvalue weighted by molar-refractivity contribution is 6.04. The summed E-state index contributed by atoms with van der Waals surface area (Å²) in [5.74, 6) is -0.772. The van der Waals surface area contributed by atoms with E-state index in [0.29, 0.717) is 12.4 Å². The Morgan fingerprint density at radius 1 is 1.18 bits per heavy atom. The van der Waals surface area contributed by atoms with Crippen molar-refractivity contribution in [2.24, 2.45) is 0 Å². The maximum Gasteiger partial charge on any atom is 0.259 e. The fraction of sp³-hybridized carbons (Fsp3) is 0.200. The van der Waals surface area contributed by atoms with Crippen molar-refractivity contribution >= 4 is 24.1 Å². The predicted octanol–water partition coefficient (Wildman–Crippen LogP) is 3.55. The van der Waals surface area contributed by atoms with E-state index in [0.717, 1.165) is 29.9 Å². The summed E-state index contributed by atoms with van der Waals surface area (Å²) in [6.45, 7) is 2.39. The molecule has 1 aliphatic rings. The summed E-state index contributed by atoms with van der Waals surface area (Å²) in [6.07, 6.45) is 0.0604. The highest BCUT2D eigenvalue weighted by Crippen LogP contribution is 2.24. The number of anilines is 1. The summed E-state index contributed by atoms with van der Waals surface area (Å²) in [5.41, 5.74) is 2.78. The molecule has 0 radical (unpaired) electrons. The number of nitrogens with one attached hydrogen (secondary N) is 3. The number of aromatic nitrogens is 2. The Hall–Kier alpha value is -2.74. The summed E-state index contributed by atoms with van der Waals surface area (Å²) in [6, 6.07) is 15.5. The second kappa shape index (κ2) is 8.97. The molecule has 1 saturated heterocycles. The van der Waals surface area contributed by atoms with Crippen molar-refractivity contribution in [3.05, 3.63) is 71.5 Å². The van der Waals surface area contributed by atoms with Gasteiger partial charge in [-0.15, -0.1) is 12.4 Å². The van der Waals surface area contributed by atoms with Crippen molar-refractivity contribution in [1.29, 1.82) is 0 Å². The molecule has 1 amide bonds. The van der Waals surface area contributed by atoms with Gasteiger partial charge < -0.3 is 15.4 Å². The Kier molecular flexibility index (Phi) is 6.41. The van der Waals surface area contributed by atoms with Gasteiger partial charge in [-0.1, -0.05) is 36.4 Å². The fourth-order valence-electron chi connectivity index (χ4n) is 3.02. The van der Waals surface area contributed by atoms with E-state index in [1.807, 2.05) is 24.3 Å². The second-order valence-corrected chi connectivity index (χ2v) is 6.29. The monoisotopic (exact) mass is 402 g/mol. The molecule has 6 nitrogen and oxygen atoms in total. The van der Waals surface area contributed by atoms with Crippen LogP contribution in [0.2, 0.25) is 0 Å². The number of hydrogen-bond donors (Lipinski definition) is 3. The van der Waals surface area contributed by atoms with E-state index in [9.17, 15) is 9.18 Å². The number of rotatable bonds is 4. The van der Waals surface area contributed by atoms with Crippen LogP contribution in [0.1, 0.15) is 22.0 Å². The van der Waals surface area contributed by atoms with Crippen LogP contribution in [-0.4, -0.2) is 35.8 Å². The topological polar surface area (TPSA) is 79.0 Å². The molecule has 1 atom stereocenters. The predicted molar refractivity (Wildman–Crippen MR) is 107 cm³/mol. The molecule has 3 N–H and O–H groups in total. The van der Waals surface area contributed by atoms with Crippen molar-refractivity contribution in [3.63, 3.8) is 0 Å². The Bertz CT molecular complexity index is 939. The minimum atomic E-state index is -0.569. The molecule has 0 saturated carbocycles. The zero-order chi connectivity index (χ0) is 18.6. The molecule has 2 aromatic carbocycles. The van der Waals surface area contributed by atoms with Crippen LogP contribution < -0.4 is 10.6 Å². The fourth-order valence-corrected chi connectivity index (χ4v) is 3.02. The molecule has 0 spiro atoms. The smallest absolute Gasteiger partial charge is 0.259 e. The van der Waals surface area contributed by atoms with Crippen molar-refractivity contribution in [1.82, 2.24) is 15.5 Å². The van der Waals surface area contributed by atoms with Gasteiger partial charge in [0.1, 0.15) is 5.82 Å². The first-order chi connectivity index (χ1) is 13.2. The number of carbonyl (C=O) groups excluding carboxylic acids is 1. The molecule has 1 aliphatic heterocycles. The van der Waals surface area contributed by atoms with Gasteiger partial charge in [0.2, 0.25) is 0 Å². The van der Waals surface area contributed by atoms with Gasteiger partial charge in [0.15, 0.2) is 5.82 Å². The van der Waals surface area contributed by atoms with Gasteiger partial charge in [0, 0.05) is 19.2 Å². The largest absolute Gasteiger partial charge is 0.371 e. The zero-order valence-electron chi connectivity index (χ0n) is 14.9. The number of morpholine rings is 1. The maximum atomic E-state index is 13.7.